The molecule has 1 rings (SSSR count). The SMILES string of the molecule is CCOC(=O)c1cccc(C(F)(F)F)c1C(=O)OCC. The quantitative estimate of drug-likeness (QED) is 0.800. The molecule has 0 amide bonds. The summed E-state index contributed by atoms with van der Waals surface area (Å²) in [6.07, 6.45) is -4.77. The lowest BCUT2D eigenvalue weighted by Crippen LogP contribution is -2.20. The van der Waals surface area contributed by atoms with Crippen LogP contribution in [0.5, 0.6) is 0 Å². The number of carbonyl (C=O) groups is 2. The number of esters is 2. The molecule has 0 aliphatic rings. The first-order valence-corrected chi connectivity index (χ1v) is 5.87. The number of carbonyl (C=O) groups excluding carboxylic acids is 2. The maximum Gasteiger partial charge on any atom is 0.417 e. The van der Waals surface area contributed by atoms with Crippen LogP contribution in [0.15, 0.2) is 18.2 Å². The minimum atomic E-state index is -4.77. The van der Waals surface area contributed by atoms with Crippen LogP contribution in [-0.4, -0.2) is 25.2 Å². The summed E-state index contributed by atoms with van der Waals surface area (Å²) in [5.41, 5.74) is -2.50. The van der Waals surface area contributed by atoms with Crippen LogP contribution in [0.1, 0.15) is 40.1 Å². The maximum absolute atomic E-state index is 12.9. The largest absolute Gasteiger partial charge is 0.462 e. The van der Waals surface area contributed by atoms with Gasteiger partial charge >= 0.3 is 18.1 Å². The Labute approximate surface area is 113 Å². The molecule has 0 atom stereocenters. The number of alkyl halides is 3. The molecule has 1 aromatic rings. The Balaban J connectivity index is 3.44. The molecule has 7 heteroatoms. The van der Waals surface area contributed by atoms with Gasteiger partial charge in [0, 0.05) is 0 Å². The summed E-state index contributed by atoms with van der Waals surface area (Å²) in [4.78, 5) is 23.4. The molecule has 0 aliphatic carbocycles. The van der Waals surface area contributed by atoms with Crippen molar-refractivity contribution in [3.63, 3.8) is 0 Å². The van der Waals surface area contributed by atoms with Gasteiger partial charge in [-0.3, -0.25) is 0 Å². The monoisotopic (exact) mass is 290 g/mol. The maximum atomic E-state index is 12.9. The first-order chi connectivity index (χ1) is 9.32. The molecule has 110 valence electrons. The molecule has 20 heavy (non-hydrogen) atoms. The first-order valence-electron chi connectivity index (χ1n) is 5.87. The number of benzene rings is 1. The first kappa shape index (κ1) is 16.0. The van der Waals surface area contributed by atoms with Gasteiger partial charge in [0.2, 0.25) is 0 Å². The van der Waals surface area contributed by atoms with E-state index in [1.165, 1.54) is 13.8 Å². The third-order valence-corrected chi connectivity index (χ3v) is 2.34. The molecule has 1 aromatic carbocycles. The lowest BCUT2D eigenvalue weighted by atomic mass is 10.0. The van der Waals surface area contributed by atoms with E-state index in [1.807, 2.05) is 0 Å². The van der Waals surface area contributed by atoms with Gasteiger partial charge in [0.05, 0.1) is 29.9 Å². The Kier molecular flexibility index (Phi) is 5.12. The van der Waals surface area contributed by atoms with E-state index in [1.54, 1.807) is 0 Å². The fourth-order valence-corrected chi connectivity index (χ4v) is 1.59. The van der Waals surface area contributed by atoms with Crippen LogP contribution < -0.4 is 0 Å². The second-order valence-corrected chi connectivity index (χ2v) is 3.67. The lowest BCUT2D eigenvalue weighted by Gasteiger charge is -2.15. The van der Waals surface area contributed by atoms with Crippen LogP contribution in [0.2, 0.25) is 0 Å². The van der Waals surface area contributed by atoms with Crippen molar-refractivity contribution in [3.8, 4) is 0 Å². The summed E-state index contributed by atoms with van der Waals surface area (Å²) < 4.78 is 48.0. The predicted octanol–water partition coefficient (Wildman–Crippen LogP) is 3.06. The van der Waals surface area contributed by atoms with E-state index < -0.39 is 34.8 Å². The van der Waals surface area contributed by atoms with Crippen molar-refractivity contribution in [3.05, 3.63) is 34.9 Å². The van der Waals surface area contributed by atoms with Crippen molar-refractivity contribution >= 4 is 11.9 Å². The summed E-state index contributed by atoms with van der Waals surface area (Å²) >= 11 is 0. The highest BCUT2D eigenvalue weighted by Gasteiger charge is 2.38. The number of halogens is 3. The number of hydrogen-bond acceptors (Lipinski definition) is 4. The van der Waals surface area contributed by atoms with Crippen LogP contribution >= 0.6 is 0 Å². The fourth-order valence-electron chi connectivity index (χ4n) is 1.59. The summed E-state index contributed by atoms with van der Waals surface area (Å²) in [6, 6.07) is 2.85. The van der Waals surface area contributed by atoms with Crippen molar-refractivity contribution in [1.29, 1.82) is 0 Å². The van der Waals surface area contributed by atoms with E-state index in [0.717, 1.165) is 18.2 Å². The van der Waals surface area contributed by atoms with Crippen LogP contribution in [0.3, 0.4) is 0 Å². The van der Waals surface area contributed by atoms with Gasteiger partial charge in [0.1, 0.15) is 0 Å². The summed E-state index contributed by atoms with van der Waals surface area (Å²) in [5.74, 6) is -2.20. The molecule has 0 bridgehead atoms. The molecule has 0 aliphatic heterocycles. The summed E-state index contributed by atoms with van der Waals surface area (Å²) in [5, 5.41) is 0. The Bertz CT molecular complexity index is 509. The third kappa shape index (κ3) is 3.49. The van der Waals surface area contributed by atoms with Crippen molar-refractivity contribution in [2.24, 2.45) is 0 Å². The minimum Gasteiger partial charge on any atom is -0.462 e. The zero-order valence-corrected chi connectivity index (χ0v) is 10.9. The molecule has 0 spiro atoms. The van der Waals surface area contributed by atoms with Crippen LogP contribution in [0, 0.1) is 0 Å². The normalized spacial score (nSPS) is 11.1. The van der Waals surface area contributed by atoms with Crippen molar-refractivity contribution in [1.82, 2.24) is 0 Å². The van der Waals surface area contributed by atoms with E-state index in [9.17, 15) is 22.8 Å². The second-order valence-electron chi connectivity index (χ2n) is 3.67. The van der Waals surface area contributed by atoms with Gasteiger partial charge in [-0.1, -0.05) is 6.07 Å². The molecule has 0 aromatic heterocycles. The van der Waals surface area contributed by atoms with E-state index in [-0.39, 0.29) is 13.2 Å². The molecule has 0 N–H and O–H groups in total. The fraction of sp³-hybridized carbons (Fsp3) is 0.385. The van der Waals surface area contributed by atoms with E-state index >= 15 is 0 Å². The Morgan fingerprint density at radius 1 is 1.05 bits per heavy atom. The summed E-state index contributed by atoms with van der Waals surface area (Å²) in [6.45, 7) is 2.85. The molecule has 4 nitrogen and oxygen atoms in total. The molecule has 0 unspecified atom stereocenters. The molecule has 0 saturated heterocycles. The standard InChI is InChI=1S/C13H13F3O4/c1-3-19-11(17)8-6-5-7-9(13(14,15)16)10(8)12(18)20-4-2/h5-7H,3-4H2,1-2H3. The minimum absolute atomic E-state index is 0.0165. The van der Waals surface area contributed by atoms with Gasteiger partial charge in [0.25, 0.3) is 0 Å². The Hall–Kier alpha value is -2.05. The lowest BCUT2D eigenvalue weighted by molar-refractivity contribution is -0.138. The molecule has 0 radical (unpaired) electrons. The number of hydrogen-bond donors (Lipinski definition) is 0. The van der Waals surface area contributed by atoms with Crippen molar-refractivity contribution < 1.29 is 32.2 Å². The van der Waals surface area contributed by atoms with Gasteiger partial charge in [-0.25, -0.2) is 9.59 Å². The van der Waals surface area contributed by atoms with Crippen LogP contribution in [0.25, 0.3) is 0 Å². The van der Waals surface area contributed by atoms with Crippen molar-refractivity contribution in [2.45, 2.75) is 20.0 Å². The average Bonchev–Trinajstić information content (AvgIpc) is 2.37. The zero-order chi connectivity index (χ0) is 15.3. The highest BCUT2D eigenvalue weighted by Crippen LogP contribution is 2.34. The van der Waals surface area contributed by atoms with Gasteiger partial charge < -0.3 is 9.47 Å². The topological polar surface area (TPSA) is 52.6 Å². The predicted molar refractivity (Wildman–Crippen MR) is 63.4 cm³/mol. The average molecular weight is 290 g/mol. The molecule has 0 saturated carbocycles. The highest BCUT2D eigenvalue weighted by molar-refractivity contribution is 6.04. The van der Waals surface area contributed by atoms with Crippen LogP contribution in [-0.2, 0) is 15.7 Å². The molecular formula is C13H13F3O4. The zero-order valence-electron chi connectivity index (χ0n) is 10.9. The molecule has 0 fully saturated rings. The highest BCUT2D eigenvalue weighted by atomic mass is 19.4. The van der Waals surface area contributed by atoms with E-state index in [0.29, 0.717) is 0 Å². The van der Waals surface area contributed by atoms with Gasteiger partial charge in [0.15, 0.2) is 0 Å². The number of rotatable bonds is 4. The second kappa shape index (κ2) is 6.40. The molecular weight excluding hydrogens is 277 g/mol. The number of ether oxygens (including phenoxy) is 2. The third-order valence-electron chi connectivity index (χ3n) is 2.34. The van der Waals surface area contributed by atoms with E-state index in [2.05, 4.69) is 9.47 Å². The van der Waals surface area contributed by atoms with E-state index in [4.69, 9.17) is 0 Å². The van der Waals surface area contributed by atoms with Crippen LogP contribution in [0.4, 0.5) is 13.2 Å². The Morgan fingerprint density at radius 2 is 1.60 bits per heavy atom. The molecule has 0 heterocycles. The van der Waals surface area contributed by atoms with Gasteiger partial charge in [-0.2, -0.15) is 13.2 Å². The van der Waals surface area contributed by atoms with Crippen molar-refractivity contribution in [2.75, 3.05) is 13.2 Å². The van der Waals surface area contributed by atoms with Gasteiger partial charge in [-0.05, 0) is 26.0 Å². The Morgan fingerprint density at radius 3 is 2.10 bits per heavy atom. The smallest absolute Gasteiger partial charge is 0.417 e. The summed E-state index contributed by atoms with van der Waals surface area (Å²) in [7, 11) is 0. The van der Waals surface area contributed by atoms with Gasteiger partial charge in [-0.15, -0.1) is 0 Å².